The van der Waals surface area contributed by atoms with E-state index in [1.807, 2.05) is 0 Å². The maximum atomic E-state index is 11.3. The van der Waals surface area contributed by atoms with E-state index < -0.39 is 0 Å². The van der Waals surface area contributed by atoms with Crippen LogP contribution in [-0.2, 0) is 14.3 Å². The fourth-order valence-corrected chi connectivity index (χ4v) is 2.05. The molecule has 2 aliphatic heterocycles. The molecule has 0 unspecified atom stereocenters. The molecule has 0 radical (unpaired) electrons. The average molecular weight is 228 g/mol. The molecule has 0 spiro atoms. The predicted molar refractivity (Wildman–Crippen MR) is 59.0 cm³/mol. The smallest absolute Gasteiger partial charge is 0.234 e. The summed E-state index contributed by atoms with van der Waals surface area (Å²) < 4.78 is 11.0. The molecule has 1 amide bonds. The van der Waals surface area contributed by atoms with E-state index in [1.54, 1.807) is 0 Å². The molecule has 2 saturated heterocycles. The van der Waals surface area contributed by atoms with E-state index in [2.05, 4.69) is 10.2 Å². The van der Waals surface area contributed by atoms with Gasteiger partial charge in [-0.3, -0.25) is 9.69 Å². The van der Waals surface area contributed by atoms with Crippen LogP contribution in [0.15, 0.2) is 0 Å². The summed E-state index contributed by atoms with van der Waals surface area (Å²) in [5.74, 6) is 0.128. The highest BCUT2D eigenvalue weighted by molar-refractivity contribution is 5.78. The molecular weight excluding hydrogens is 208 g/mol. The van der Waals surface area contributed by atoms with Crippen LogP contribution in [0.3, 0.4) is 0 Å². The van der Waals surface area contributed by atoms with Crippen molar-refractivity contribution in [2.45, 2.75) is 25.6 Å². The van der Waals surface area contributed by atoms with Crippen LogP contribution in [0, 0.1) is 0 Å². The van der Waals surface area contributed by atoms with Gasteiger partial charge in [-0.05, 0) is 12.8 Å². The van der Waals surface area contributed by atoms with Crippen LogP contribution in [0.4, 0.5) is 0 Å². The minimum atomic E-state index is -0.0694. The quantitative estimate of drug-likeness (QED) is 0.736. The summed E-state index contributed by atoms with van der Waals surface area (Å²) >= 11 is 0. The number of amides is 1. The Kier molecular flexibility index (Phi) is 4.56. The number of nitrogens with zero attached hydrogens (tertiary/aromatic N) is 1. The topological polar surface area (TPSA) is 50.8 Å². The zero-order valence-electron chi connectivity index (χ0n) is 9.61. The summed E-state index contributed by atoms with van der Waals surface area (Å²) in [6.45, 7) is 4.75. The third-order valence-electron chi connectivity index (χ3n) is 2.92. The molecule has 2 rings (SSSR count). The molecule has 16 heavy (non-hydrogen) atoms. The largest absolute Gasteiger partial charge is 0.355 e. The lowest BCUT2D eigenvalue weighted by atomic mass is 10.3. The van der Waals surface area contributed by atoms with Crippen molar-refractivity contribution in [2.75, 3.05) is 39.4 Å². The van der Waals surface area contributed by atoms with Gasteiger partial charge in [-0.2, -0.15) is 0 Å². The Morgan fingerprint density at radius 2 is 2.12 bits per heavy atom. The first-order chi connectivity index (χ1) is 7.84. The first kappa shape index (κ1) is 11.8. The van der Waals surface area contributed by atoms with Crippen LogP contribution in [0.2, 0.25) is 0 Å². The summed E-state index contributed by atoms with van der Waals surface area (Å²) in [5.41, 5.74) is 0. The van der Waals surface area contributed by atoms with E-state index in [4.69, 9.17) is 9.47 Å². The standard InChI is InChI=1S/C11H20N2O3/c14-10-9-13(5-1-4-12-10)6-3-11-15-7-2-8-16-11/h11H,1-9H2,(H,12,14). The van der Waals surface area contributed by atoms with Gasteiger partial charge in [0.15, 0.2) is 6.29 Å². The second kappa shape index (κ2) is 6.18. The number of rotatable bonds is 3. The molecule has 2 aliphatic rings. The summed E-state index contributed by atoms with van der Waals surface area (Å²) in [6, 6.07) is 0. The van der Waals surface area contributed by atoms with Crippen molar-refractivity contribution in [3.63, 3.8) is 0 Å². The number of ether oxygens (including phenoxy) is 2. The van der Waals surface area contributed by atoms with Gasteiger partial charge in [0, 0.05) is 26.1 Å². The van der Waals surface area contributed by atoms with Crippen molar-refractivity contribution in [3.8, 4) is 0 Å². The Hall–Kier alpha value is -0.650. The van der Waals surface area contributed by atoms with Gasteiger partial charge < -0.3 is 14.8 Å². The summed E-state index contributed by atoms with van der Waals surface area (Å²) in [6.07, 6.45) is 2.80. The molecule has 5 nitrogen and oxygen atoms in total. The van der Waals surface area contributed by atoms with Crippen molar-refractivity contribution < 1.29 is 14.3 Å². The number of hydrogen-bond acceptors (Lipinski definition) is 4. The van der Waals surface area contributed by atoms with E-state index >= 15 is 0 Å². The maximum absolute atomic E-state index is 11.3. The van der Waals surface area contributed by atoms with E-state index in [1.165, 1.54) is 0 Å². The minimum absolute atomic E-state index is 0.0694. The van der Waals surface area contributed by atoms with Gasteiger partial charge in [-0.1, -0.05) is 0 Å². The van der Waals surface area contributed by atoms with Crippen LogP contribution in [-0.4, -0.2) is 56.5 Å². The first-order valence-corrected chi connectivity index (χ1v) is 6.07. The van der Waals surface area contributed by atoms with Crippen molar-refractivity contribution in [2.24, 2.45) is 0 Å². The van der Waals surface area contributed by atoms with Crippen molar-refractivity contribution >= 4 is 5.91 Å². The zero-order chi connectivity index (χ0) is 11.2. The summed E-state index contributed by atoms with van der Waals surface area (Å²) in [4.78, 5) is 13.5. The summed E-state index contributed by atoms with van der Waals surface area (Å²) in [7, 11) is 0. The second-order valence-electron chi connectivity index (χ2n) is 4.29. The summed E-state index contributed by atoms with van der Waals surface area (Å²) in [5, 5.41) is 2.87. The number of hydrogen-bond donors (Lipinski definition) is 1. The molecule has 2 heterocycles. The number of carbonyl (C=O) groups is 1. The van der Waals surface area contributed by atoms with Crippen LogP contribution in [0.1, 0.15) is 19.3 Å². The van der Waals surface area contributed by atoms with E-state index in [0.717, 1.165) is 52.1 Å². The van der Waals surface area contributed by atoms with E-state index in [9.17, 15) is 4.79 Å². The number of carbonyl (C=O) groups excluding carboxylic acids is 1. The Bertz CT molecular complexity index is 229. The highest BCUT2D eigenvalue weighted by Gasteiger charge is 2.18. The van der Waals surface area contributed by atoms with Crippen LogP contribution in [0.5, 0.6) is 0 Å². The average Bonchev–Trinajstić information content (AvgIpc) is 2.52. The van der Waals surface area contributed by atoms with Crippen molar-refractivity contribution in [1.82, 2.24) is 10.2 Å². The highest BCUT2D eigenvalue weighted by atomic mass is 16.7. The zero-order valence-corrected chi connectivity index (χ0v) is 9.61. The van der Waals surface area contributed by atoms with Gasteiger partial charge in [-0.15, -0.1) is 0 Å². The molecule has 0 bridgehead atoms. The third-order valence-corrected chi connectivity index (χ3v) is 2.92. The molecule has 0 aromatic rings. The molecule has 0 saturated carbocycles. The van der Waals surface area contributed by atoms with Crippen LogP contribution in [0.25, 0.3) is 0 Å². The molecule has 0 aliphatic carbocycles. The third kappa shape index (κ3) is 3.73. The van der Waals surface area contributed by atoms with Crippen LogP contribution >= 0.6 is 0 Å². The normalized spacial score (nSPS) is 25.1. The first-order valence-electron chi connectivity index (χ1n) is 6.07. The van der Waals surface area contributed by atoms with E-state index in [0.29, 0.717) is 6.54 Å². The fraction of sp³-hybridized carbons (Fsp3) is 0.909. The Morgan fingerprint density at radius 1 is 1.31 bits per heavy atom. The Balaban J connectivity index is 1.69. The molecule has 0 aromatic heterocycles. The molecule has 5 heteroatoms. The lowest BCUT2D eigenvalue weighted by Gasteiger charge is -2.26. The van der Waals surface area contributed by atoms with Crippen molar-refractivity contribution in [3.05, 3.63) is 0 Å². The Morgan fingerprint density at radius 3 is 2.94 bits per heavy atom. The van der Waals surface area contributed by atoms with Gasteiger partial charge >= 0.3 is 0 Å². The SMILES string of the molecule is O=C1CN(CCC2OCCCO2)CCCN1. The maximum Gasteiger partial charge on any atom is 0.234 e. The predicted octanol–water partition coefficient (Wildman–Crippen LogP) is -0.0386. The van der Waals surface area contributed by atoms with Crippen molar-refractivity contribution in [1.29, 1.82) is 0 Å². The van der Waals surface area contributed by atoms with E-state index in [-0.39, 0.29) is 12.2 Å². The Labute approximate surface area is 96.1 Å². The second-order valence-corrected chi connectivity index (χ2v) is 4.29. The van der Waals surface area contributed by atoms with Gasteiger partial charge in [0.2, 0.25) is 5.91 Å². The fourth-order valence-electron chi connectivity index (χ4n) is 2.05. The molecule has 2 fully saturated rings. The number of nitrogens with one attached hydrogen (secondary N) is 1. The van der Waals surface area contributed by atoms with Gasteiger partial charge in [0.05, 0.1) is 19.8 Å². The molecule has 0 aromatic carbocycles. The lowest BCUT2D eigenvalue weighted by molar-refractivity contribution is -0.182. The van der Waals surface area contributed by atoms with Gasteiger partial charge in [0.1, 0.15) is 0 Å². The minimum Gasteiger partial charge on any atom is -0.355 e. The molecule has 0 atom stereocenters. The highest BCUT2D eigenvalue weighted by Crippen LogP contribution is 2.09. The molecular formula is C11H20N2O3. The lowest BCUT2D eigenvalue weighted by Crippen LogP contribution is -2.36. The monoisotopic (exact) mass is 228 g/mol. The molecule has 1 N–H and O–H groups in total. The molecule has 92 valence electrons. The van der Waals surface area contributed by atoms with Crippen LogP contribution < -0.4 is 5.32 Å². The van der Waals surface area contributed by atoms with Gasteiger partial charge in [0.25, 0.3) is 0 Å². The van der Waals surface area contributed by atoms with Gasteiger partial charge in [-0.25, -0.2) is 0 Å².